The third kappa shape index (κ3) is 1.58. The second-order valence-corrected chi connectivity index (χ2v) is 5.28. The van der Waals surface area contributed by atoms with Crippen molar-refractivity contribution in [1.29, 1.82) is 0 Å². The van der Waals surface area contributed by atoms with Crippen molar-refractivity contribution >= 4 is 26.7 Å². The molecule has 0 aromatic heterocycles. The summed E-state index contributed by atoms with van der Waals surface area (Å²) in [5.74, 6) is 0. The fourth-order valence-corrected chi connectivity index (χ4v) is 2.33. The summed E-state index contributed by atoms with van der Waals surface area (Å²) >= 11 is 3.49. The number of nitrogens with two attached hydrogens (primary N) is 1. The molecule has 3 rings (SSSR count). The van der Waals surface area contributed by atoms with Gasteiger partial charge in [-0.1, -0.05) is 34.1 Å². The molecule has 1 nitrogen and oxygen atoms in total. The molecule has 0 spiro atoms. The lowest BCUT2D eigenvalue weighted by molar-refractivity contribution is 0.741. The maximum atomic E-state index is 6.19. The minimum atomic E-state index is -0.0312. The van der Waals surface area contributed by atoms with Gasteiger partial charge in [0.2, 0.25) is 0 Å². The highest BCUT2D eigenvalue weighted by Gasteiger charge is 2.39. The van der Waals surface area contributed by atoms with E-state index in [0.717, 1.165) is 17.3 Å². The summed E-state index contributed by atoms with van der Waals surface area (Å²) in [6.45, 7) is 0. The van der Waals surface area contributed by atoms with E-state index >= 15 is 0 Å². The summed E-state index contributed by atoms with van der Waals surface area (Å²) in [5.41, 5.74) is 7.43. The van der Waals surface area contributed by atoms with E-state index in [2.05, 4.69) is 52.3 Å². The van der Waals surface area contributed by atoms with Gasteiger partial charge in [0.1, 0.15) is 0 Å². The molecule has 0 aliphatic heterocycles. The van der Waals surface area contributed by atoms with E-state index < -0.39 is 0 Å². The predicted molar refractivity (Wildman–Crippen MR) is 66.7 cm³/mol. The standard InChI is InChI=1S/C13H12BrN/c14-12-4-2-9-1-3-11(7-10(9)8-12)13(15)5-6-13/h1-4,7-8H,5-6,15H2. The highest BCUT2D eigenvalue weighted by atomic mass is 79.9. The van der Waals surface area contributed by atoms with Crippen LogP contribution in [0.1, 0.15) is 18.4 Å². The average Bonchev–Trinajstić information content (AvgIpc) is 2.97. The lowest BCUT2D eigenvalue weighted by Gasteiger charge is -2.10. The molecule has 2 aromatic carbocycles. The molecule has 2 aromatic rings. The number of rotatable bonds is 1. The summed E-state index contributed by atoms with van der Waals surface area (Å²) in [4.78, 5) is 0. The van der Waals surface area contributed by atoms with Gasteiger partial charge in [-0.2, -0.15) is 0 Å². The largest absolute Gasteiger partial charge is 0.321 e. The third-order valence-corrected chi connectivity index (χ3v) is 3.66. The SMILES string of the molecule is NC1(c2ccc3ccc(Br)cc3c2)CC1. The molecule has 1 aliphatic carbocycles. The van der Waals surface area contributed by atoms with Crippen molar-refractivity contribution in [2.45, 2.75) is 18.4 Å². The molecule has 1 aliphatic rings. The maximum Gasteiger partial charge on any atom is 0.0411 e. The van der Waals surface area contributed by atoms with Gasteiger partial charge in [0.25, 0.3) is 0 Å². The smallest absolute Gasteiger partial charge is 0.0411 e. The first-order chi connectivity index (χ1) is 7.17. The van der Waals surface area contributed by atoms with Crippen molar-refractivity contribution in [1.82, 2.24) is 0 Å². The number of halogens is 1. The molecule has 0 bridgehead atoms. The van der Waals surface area contributed by atoms with Gasteiger partial charge in [-0.3, -0.25) is 0 Å². The Bertz CT molecular complexity index is 529. The molecule has 15 heavy (non-hydrogen) atoms. The number of hydrogen-bond acceptors (Lipinski definition) is 1. The van der Waals surface area contributed by atoms with Gasteiger partial charge in [-0.15, -0.1) is 0 Å². The molecule has 0 amide bonds. The highest BCUT2D eigenvalue weighted by Crippen LogP contribution is 2.43. The molecule has 1 fully saturated rings. The van der Waals surface area contributed by atoms with Gasteiger partial charge in [0.15, 0.2) is 0 Å². The molecule has 0 unspecified atom stereocenters. The zero-order valence-corrected chi connectivity index (χ0v) is 9.92. The Morgan fingerprint density at radius 2 is 1.73 bits per heavy atom. The molecule has 0 radical (unpaired) electrons. The van der Waals surface area contributed by atoms with E-state index in [4.69, 9.17) is 5.73 Å². The Balaban J connectivity index is 2.20. The molecule has 76 valence electrons. The molecule has 0 heterocycles. The van der Waals surface area contributed by atoms with Crippen molar-refractivity contribution in [3.8, 4) is 0 Å². The van der Waals surface area contributed by atoms with Crippen LogP contribution >= 0.6 is 15.9 Å². The van der Waals surface area contributed by atoms with Crippen molar-refractivity contribution in [2.24, 2.45) is 5.73 Å². The molecule has 0 atom stereocenters. The molecular formula is C13H12BrN. The maximum absolute atomic E-state index is 6.19. The van der Waals surface area contributed by atoms with Gasteiger partial charge in [-0.25, -0.2) is 0 Å². The van der Waals surface area contributed by atoms with Crippen molar-refractivity contribution in [2.75, 3.05) is 0 Å². The molecular weight excluding hydrogens is 250 g/mol. The van der Waals surface area contributed by atoms with Gasteiger partial charge in [0.05, 0.1) is 0 Å². The van der Waals surface area contributed by atoms with E-state index in [0.29, 0.717) is 0 Å². The first-order valence-corrected chi connectivity index (χ1v) is 5.95. The Hall–Kier alpha value is -0.860. The van der Waals surface area contributed by atoms with Crippen LogP contribution in [-0.2, 0) is 5.54 Å². The van der Waals surface area contributed by atoms with Gasteiger partial charge in [-0.05, 0) is 47.4 Å². The first-order valence-electron chi connectivity index (χ1n) is 5.16. The summed E-state index contributed by atoms with van der Waals surface area (Å²) in [6.07, 6.45) is 2.24. The Morgan fingerprint density at radius 3 is 2.47 bits per heavy atom. The van der Waals surface area contributed by atoms with Crippen LogP contribution in [0.15, 0.2) is 40.9 Å². The summed E-state index contributed by atoms with van der Waals surface area (Å²) in [7, 11) is 0. The zero-order chi connectivity index (χ0) is 10.5. The van der Waals surface area contributed by atoms with Crippen molar-refractivity contribution in [3.05, 3.63) is 46.4 Å². The van der Waals surface area contributed by atoms with Crippen LogP contribution in [-0.4, -0.2) is 0 Å². The fourth-order valence-electron chi connectivity index (χ4n) is 1.95. The molecule has 1 saturated carbocycles. The van der Waals surface area contributed by atoms with Gasteiger partial charge >= 0.3 is 0 Å². The van der Waals surface area contributed by atoms with Crippen LogP contribution < -0.4 is 5.73 Å². The van der Waals surface area contributed by atoms with E-state index in [1.165, 1.54) is 16.3 Å². The predicted octanol–water partition coefficient (Wildman–Crippen LogP) is 3.55. The fraction of sp³-hybridized carbons (Fsp3) is 0.231. The monoisotopic (exact) mass is 261 g/mol. The van der Waals surface area contributed by atoms with Crippen molar-refractivity contribution < 1.29 is 0 Å². The second-order valence-electron chi connectivity index (χ2n) is 4.36. The van der Waals surface area contributed by atoms with E-state index in [-0.39, 0.29) is 5.54 Å². The summed E-state index contributed by atoms with van der Waals surface area (Å²) in [5, 5.41) is 2.53. The lowest BCUT2D eigenvalue weighted by atomic mass is 10.0. The van der Waals surface area contributed by atoms with E-state index in [1.54, 1.807) is 0 Å². The Kier molecular flexibility index (Phi) is 1.91. The second kappa shape index (κ2) is 3.06. The summed E-state index contributed by atoms with van der Waals surface area (Å²) < 4.78 is 1.12. The van der Waals surface area contributed by atoms with E-state index in [1.807, 2.05) is 0 Å². The highest BCUT2D eigenvalue weighted by molar-refractivity contribution is 9.10. The van der Waals surface area contributed by atoms with Gasteiger partial charge < -0.3 is 5.73 Å². The minimum absolute atomic E-state index is 0.0312. The Labute approximate surface area is 97.4 Å². The van der Waals surface area contributed by atoms with Gasteiger partial charge in [0, 0.05) is 10.0 Å². The lowest BCUT2D eigenvalue weighted by Crippen LogP contribution is -2.18. The van der Waals surface area contributed by atoms with Crippen LogP contribution in [0.4, 0.5) is 0 Å². The van der Waals surface area contributed by atoms with Crippen molar-refractivity contribution in [3.63, 3.8) is 0 Å². The third-order valence-electron chi connectivity index (χ3n) is 3.17. The van der Waals surface area contributed by atoms with Crippen LogP contribution in [0, 0.1) is 0 Å². The van der Waals surface area contributed by atoms with Crippen LogP contribution in [0.25, 0.3) is 10.8 Å². The quantitative estimate of drug-likeness (QED) is 0.835. The summed E-state index contributed by atoms with van der Waals surface area (Å²) in [6, 6.07) is 12.9. The normalized spacial score (nSPS) is 18.0. The minimum Gasteiger partial charge on any atom is -0.321 e. The molecule has 2 heteroatoms. The molecule has 2 N–H and O–H groups in total. The number of fused-ring (bicyclic) bond motifs is 1. The molecule has 0 saturated heterocycles. The Morgan fingerprint density at radius 1 is 1.00 bits per heavy atom. The average molecular weight is 262 g/mol. The van der Waals surface area contributed by atoms with Crippen LogP contribution in [0.2, 0.25) is 0 Å². The first kappa shape index (κ1) is 9.37. The topological polar surface area (TPSA) is 26.0 Å². The van der Waals surface area contributed by atoms with E-state index in [9.17, 15) is 0 Å². The van der Waals surface area contributed by atoms with Crippen LogP contribution in [0.3, 0.4) is 0 Å². The van der Waals surface area contributed by atoms with Crippen LogP contribution in [0.5, 0.6) is 0 Å². The number of benzene rings is 2. The zero-order valence-electron chi connectivity index (χ0n) is 8.33. The number of hydrogen-bond donors (Lipinski definition) is 1.